The number of hydrogen-bond donors (Lipinski definition) is 1. The van der Waals surface area contributed by atoms with Crippen molar-refractivity contribution in [3.05, 3.63) is 34.9 Å². The highest BCUT2D eigenvalue weighted by Gasteiger charge is 2.18. The van der Waals surface area contributed by atoms with Gasteiger partial charge in [-0.25, -0.2) is 0 Å². The van der Waals surface area contributed by atoms with Gasteiger partial charge in [0.2, 0.25) is 0 Å². The second-order valence-electron chi connectivity index (χ2n) is 7.12. The molecule has 1 saturated heterocycles. The Balaban J connectivity index is 1.65. The van der Waals surface area contributed by atoms with Gasteiger partial charge in [0, 0.05) is 30.7 Å². The van der Waals surface area contributed by atoms with Crippen molar-refractivity contribution >= 4 is 11.9 Å². The Bertz CT molecular complexity index is 717. The van der Waals surface area contributed by atoms with Crippen LogP contribution in [-0.4, -0.2) is 31.2 Å². The molecule has 4 heteroatoms. The molecule has 0 spiro atoms. The van der Waals surface area contributed by atoms with Crippen LogP contribution in [0.1, 0.15) is 55.7 Å². The summed E-state index contributed by atoms with van der Waals surface area (Å²) in [4.78, 5) is 4.52. The standard InChI is InChI=1S/C22H29N3O/c1-2-22-18(12-11-17-9-10-17)6-5-7-19(22)14-20(25-23)15-24-16-21-8-3-4-13-26-21/h5-7,15,17,21H,2-4,8-10,13-14,16,23H2,1H3/b24-15?,25-20-. The SMILES string of the molecule is CCc1c(C#CC2CC2)cccc1C/C(C=NCC1CCCCO1)=N/N. The third-order valence-corrected chi connectivity index (χ3v) is 4.98. The minimum absolute atomic E-state index is 0.242. The van der Waals surface area contributed by atoms with Crippen molar-refractivity contribution in [1.82, 2.24) is 0 Å². The molecule has 0 radical (unpaired) electrons. The van der Waals surface area contributed by atoms with Crippen LogP contribution in [0.25, 0.3) is 0 Å². The number of ether oxygens (including phenoxy) is 1. The molecule has 4 nitrogen and oxygen atoms in total. The number of hydrogen-bond acceptors (Lipinski definition) is 4. The van der Waals surface area contributed by atoms with Gasteiger partial charge in [0.25, 0.3) is 0 Å². The summed E-state index contributed by atoms with van der Waals surface area (Å²) in [6, 6.07) is 6.34. The highest BCUT2D eigenvalue weighted by molar-refractivity contribution is 6.31. The summed E-state index contributed by atoms with van der Waals surface area (Å²) in [7, 11) is 0. The molecule has 26 heavy (non-hydrogen) atoms. The lowest BCUT2D eigenvalue weighted by molar-refractivity contribution is 0.0226. The van der Waals surface area contributed by atoms with E-state index in [1.165, 1.54) is 30.4 Å². The van der Waals surface area contributed by atoms with E-state index in [0.29, 0.717) is 18.9 Å². The van der Waals surface area contributed by atoms with Crippen LogP contribution in [0.2, 0.25) is 0 Å². The molecule has 0 aromatic heterocycles. The Hall–Kier alpha value is -2.12. The van der Waals surface area contributed by atoms with E-state index in [4.69, 9.17) is 10.6 Å². The van der Waals surface area contributed by atoms with Crippen molar-refractivity contribution in [2.45, 2.75) is 58.0 Å². The van der Waals surface area contributed by atoms with E-state index in [-0.39, 0.29) is 6.10 Å². The summed E-state index contributed by atoms with van der Waals surface area (Å²) < 4.78 is 5.72. The number of rotatable bonds is 6. The zero-order valence-electron chi connectivity index (χ0n) is 15.7. The van der Waals surface area contributed by atoms with Crippen LogP contribution < -0.4 is 5.84 Å². The van der Waals surface area contributed by atoms with Crippen molar-refractivity contribution in [2.75, 3.05) is 13.2 Å². The van der Waals surface area contributed by atoms with Gasteiger partial charge < -0.3 is 10.6 Å². The third kappa shape index (κ3) is 5.44. The average Bonchev–Trinajstić information content (AvgIpc) is 3.51. The van der Waals surface area contributed by atoms with Crippen LogP contribution in [0, 0.1) is 17.8 Å². The van der Waals surface area contributed by atoms with Crippen LogP contribution in [0.15, 0.2) is 28.3 Å². The van der Waals surface area contributed by atoms with E-state index in [2.05, 4.69) is 47.1 Å². The van der Waals surface area contributed by atoms with E-state index >= 15 is 0 Å². The van der Waals surface area contributed by atoms with Crippen LogP contribution in [0.5, 0.6) is 0 Å². The first-order chi connectivity index (χ1) is 12.8. The van der Waals surface area contributed by atoms with Crippen LogP contribution in [0.4, 0.5) is 0 Å². The van der Waals surface area contributed by atoms with Crippen molar-refractivity contribution in [3.63, 3.8) is 0 Å². The van der Waals surface area contributed by atoms with E-state index in [9.17, 15) is 0 Å². The van der Waals surface area contributed by atoms with Gasteiger partial charge in [-0.3, -0.25) is 4.99 Å². The molecule has 138 valence electrons. The molecule has 1 atom stereocenters. The highest BCUT2D eigenvalue weighted by atomic mass is 16.5. The Kier molecular flexibility index (Phi) is 6.85. The summed E-state index contributed by atoms with van der Waals surface area (Å²) in [5.41, 5.74) is 4.47. The van der Waals surface area contributed by atoms with Gasteiger partial charge in [-0.2, -0.15) is 5.10 Å². The molecule has 0 amide bonds. The van der Waals surface area contributed by atoms with Gasteiger partial charge in [0.1, 0.15) is 0 Å². The molecule has 0 bridgehead atoms. The quantitative estimate of drug-likeness (QED) is 0.369. The summed E-state index contributed by atoms with van der Waals surface area (Å²) in [6.45, 7) is 3.72. The molecular formula is C22H29N3O. The maximum absolute atomic E-state index is 5.72. The van der Waals surface area contributed by atoms with E-state index in [1.807, 2.05) is 0 Å². The van der Waals surface area contributed by atoms with Gasteiger partial charge in [0.15, 0.2) is 0 Å². The van der Waals surface area contributed by atoms with Crippen molar-refractivity contribution in [2.24, 2.45) is 21.9 Å². The van der Waals surface area contributed by atoms with Crippen LogP contribution in [-0.2, 0) is 17.6 Å². The maximum Gasteiger partial charge on any atom is 0.0822 e. The Labute approximate surface area is 156 Å². The first kappa shape index (κ1) is 18.7. The maximum atomic E-state index is 5.72. The fraction of sp³-hybridized carbons (Fsp3) is 0.545. The largest absolute Gasteiger partial charge is 0.376 e. The molecule has 3 rings (SSSR count). The van der Waals surface area contributed by atoms with Gasteiger partial charge in [0.05, 0.1) is 18.4 Å². The predicted molar refractivity (Wildman–Crippen MR) is 108 cm³/mol. The van der Waals surface area contributed by atoms with Gasteiger partial charge in [-0.1, -0.05) is 30.9 Å². The minimum Gasteiger partial charge on any atom is -0.376 e. The average molecular weight is 351 g/mol. The second kappa shape index (κ2) is 9.54. The number of nitrogens with zero attached hydrogens (tertiary/aromatic N) is 2. The molecule has 1 saturated carbocycles. The third-order valence-electron chi connectivity index (χ3n) is 4.98. The number of aliphatic imine (C=N–C) groups is 1. The summed E-state index contributed by atoms with van der Waals surface area (Å²) in [5, 5.41) is 3.95. The summed E-state index contributed by atoms with van der Waals surface area (Å²) in [5.74, 6) is 13.0. The van der Waals surface area contributed by atoms with Gasteiger partial charge >= 0.3 is 0 Å². The topological polar surface area (TPSA) is 60.0 Å². The van der Waals surface area contributed by atoms with Gasteiger partial charge in [-0.05, 0) is 55.7 Å². The molecule has 1 aliphatic carbocycles. The molecule has 2 fully saturated rings. The van der Waals surface area contributed by atoms with Crippen molar-refractivity contribution in [3.8, 4) is 11.8 Å². The highest BCUT2D eigenvalue weighted by Crippen LogP contribution is 2.28. The number of hydrazone groups is 1. The van der Waals surface area contributed by atoms with Crippen molar-refractivity contribution < 1.29 is 4.74 Å². The van der Waals surface area contributed by atoms with Gasteiger partial charge in [-0.15, -0.1) is 0 Å². The second-order valence-corrected chi connectivity index (χ2v) is 7.12. The molecule has 1 unspecified atom stereocenters. The first-order valence-electron chi connectivity index (χ1n) is 9.80. The Morgan fingerprint density at radius 2 is 2.19 bits per heavy atom. The molecule has 1 aliphatic heterocycles. The first-order valence-corrected chi connectivity index (χ1v) is 9.80. The molecule has 1 heterocycles. The molecular weight excluding hydrogens is 322 g/mol. The zero-order chi connectivity index (χ0) is 18.2. The summed E-state index contributed by atoms with van der Waals surface area (Å²) in [6.07, 6.45) is 9.67. The van der Waals surface area contributed by atoms with E-state index < -0.39 is 0 Å². The molecule has 1 aromatic rings. The lowest BCUT2D eigenvalue weighted by Gasteiger charge is -2.20. The van der Waals surface area contributed by atoms with Crippen molar-refractivity contribution in [1.29, 1.82) is 0 Å². The normalized spacial score (nSPS) is 20.8. The van der Waals surface area contributed by atoms with E-state index in [0.717, 1.165) is 37.1 Å². The molecule has 2 aliphatic rings. The number of nitrogens with two attached hydrogens (primary N) is 1. The molecule has 2 N–H and O–H groups in total. The lowest BCUT2D eigenvalue weighted by Crippen LogP contribution is -2.22. The fourth-order valence-corrected chi connectivity index (χ4v) is 3.29. The lowest BCUT2D eigenvalue weighted by atomic mass is 9.95. The predicted octanol–water partition coefficient (Wildman–Crippen LogP) is 3.51. The van der Waals surface area contributed by atoms with E-state index in [1.54, 1.807) is 6.21 Å². The Morgan fingerprint density at radius 1 is 1.31 bits per heavy atom. The zero-order valence-corrected chi connectivity index (χ0v) is 15.7. The number of benzene rings is 1. The molecule has 1 aromatic carbocycles. The van der Waals surface area contributed by atoms with Crippen LogP contribution >= 0.6 is 0 Å². The van der Waals surface area contributed by atoms with Crippen LogP contribution in [0.3, 0.4) is 0 Å². The monoisotopic (exact) mass is 351 g/mol. The Morgan fingerprint density at radius 3 is 2.88 bits per heavy atom. The smallest absolute Gasteiger partial charge is 0.0822 e. The minimum atomic E-state index is 0.242. The fourth-order valence-electron chi connectivity index (χ4n) is 3.29. The summed E-state index contributed by atoms with van der Waals surface area (Å²) >= 11 is 0.